The van der Waals surface area contributed by atoms with Crippen molar-refractivity contribution in [2.24, 2.45) is 0 Å². The van der Waals surface area contributed by atoms with Crippen LogP contribution in [0, 0.1) is 13.8 Å². The van der Waals surface area contributed by atoms with Crippen LogP contribution in [-0.4, -0.2) is 56.3 Å². The number of piperazine rings is 1. The Kier molecular flexibility index (Phi) is 7.29. The number of ether oxygens (including phenoxy) is 1. The van der Waals surface area contributed by atoms with Crippen molar-refractivity contribution < 1.29 is 19.5 Å². The summed E-state index contributed by atoms with van der Waals surface area (Å²) in [6.45, 7) is 11.1. The first-order valence-electron chi connectivity index (χ1n) is 10.6. The van der Waals surface area contributed by atoms with Gasteiger partial charge in [-0.1, -0.05) is 24.6 Å². The molecule has 1 heterocycles. The van der Waals surface area contributed by atoms with Gasteiger partial charge in [-0.05, 0) is 49.7 Å². The van der Waals surface area contributed by atoms with Crippen LogP contribution in [0.5, 0.6) is 5.75 Å². The maximum absolute atomic E-state index is 11.7. The predicted octanol–water partition coefficient (Wildman–Crippen LogP) is 2.04. The van der Waals surface area contributed by atoms with Crippen LogP contribution in [0.1, 0.15) is 34.8 Å². The molecule has 1 aliphatic heterocycles. The van der Waals surface area contributed by atoms with E-state index in [1.54, 1.807) is 24.3 Å². The minimum absolute atomic E-state index is 0.125. The highest BCUT2D eigenvalue weighted by molar-refractivity contribution is 5.95. The first kappa shape index (κ1) is 21.3. The predicted molar refractivity (Wildman–Crippen MR) is 116 cm³/mol. The molecule has 3 rings (SSSR count). The zero-order chi connectivity index (χ0) is 20.8. The van der Waals surface area contributed by atoms with Crippen LogP contribution in [0.15, 0.2) is 42.5 Å². The van der Waals surface area contributed by atoms with Crippen molar-refractivity contribution in [3.8, 4) is 5.75 Å². The van der Waals surface area contributed by atoms with Gasteiger partial charge in [0.1, 0.15) is 25.0 Å². The van der Waals surface area contributed by atoms with E-state index in [-0.39, 0.29) is 12.4 Å². The number of aryl methyl sites for hydroxylation is 2. The minimum Gasteiger partial charge on any atom is -0.491 e. The van der Waals surface area contributed by atoms with E-state index in [1.165, 1.54) is 21.7 Å². The van der Waals surface area contributed by atoms with E-state index in [0.29, 0.717) is 24.3 Å². The molecule has 5 nitrogen and oxygen atoms in total. The molecule has 0 aromatic heterocycles. The molecular weight excluding hydrogens is 364 g/mol. The van der Waals surface area contributed by atoms with Gasteiger partial charge in [-0.25, -0.2) is 0 Å². The first-order valence-corrected chi connectivity index (χ1v) is 10.6. The number of rotatable bonds is 8. The van der Waals surface area contributed by atoms with Crippen LogP contribution >= 0.6 is 0 Å². The molecule has 1 atom stereocenters. The van der Waals surface area contributed by atoms with Gasteiger partial charge in [0, 0.05) is 17.7 Å². The SMILES string of the molecule is CCC(=O)c1ccc(OC[C@H](O)C[NH+]2CCN(c3ccc(C)cc3C)CC2)cc1. The molecule has 156 valence electrons. The molecule has 0 amide bonds. The Hall–Kier alpha value is -2.37. The molecule has 2 aromatic rings. The van der Waals surface area contributed by atoms with Crippen LogP contribution in [0.25, 0.3) is 0 Å². The zero-order valence-corrected chi connectivity index (χ0v) is 17.8. The molecule has 1 fully saturated rings. The van der Waals surface area contributed by atoms with Gasteiger partial charge in [-0.15, -0.1) is 0 Å². The Balaban J connectivity index is 1.42. The first-order chi connectivity index (χ1) is 14.0. The van der Waals surface area contributed by atoms with Gasteiger partial charge in [-0.3, -0.25) is 4.79 Å². The molecule has 2 N–H and O–H groups in total. The van der Waals surface area contributed by atoms with Crippen LogP contribution in [-0.2, 0) is 0 Å². The third-order valence-electron chi connectivity index (χ3n) is 5.63. The number of hydrogen-bond acceptors (Lipinski definition) is 4. The summed E-state index contributed by atoms with van der Waals surface area (Å²) in [5.41, 5.74) is 4.65. The van der Waals surface area contributed by atoms with E-state index in [9.17, 15) is 9.90 Å². The number of nitrogens with zero attached hydrogens (tertiary/aromatic N) is 1. The van der Waals surface area contributed by atoms with Crippen molar-refractivity contribution in [2.45, 2.75) is 33.3 Å². The van der Waals surface area contributed by atoms with Crippen LogP contribution in [0.2, 0.25) is 0 Å². The third kappa shape index (κ3) is 5.81. The molecule has 29 heavy (non-hydrogen) atoms. The van der Waals surface area contributed by atoms with Crippen LogP contribution in [0.4, 0.5) is 5.69 Å². The van der Waals surface area contributed by atoms with Gasteiger partial charge in [-0.2, -0.15) is 0 Å². The molecule has 0 radical (unpaired) electrons. The molecule has 1 aliphatic rings. The summed E-state index contributed by atoms with van der Waals surface area (Å²) in [6.07, 6.45) is -0.00654. The zero-order valence-electron chi connectivity index (χ0n) is 17.8. The lowest BCUT2D eigenvalue weighted by molar-refractivity contribution is -0.903. The Bertz CT molecular complexity index is 811. The van der Waals surface area contributed by atoms with Gasteiger partial charge >= 0.3 is 0 Å². The summed E-state index contributed by atoms with van der Waals surface area (Å²) < 4.78 is 5.71. The highest BCUT2D eigenvalue weighted by atomic mass is 16.5. The van der Waals surface area contributed by atoms with Crippen molar-refractivity contribution in [2.75, 3.05) is 44.2 Å². The lowest BCUT2D eigenvalue weighted by Crippen LogP contribution is -3.16. The molecule has 0 aliphatic carbocycles. The summed E-state index contributed by atoms with van der Waals surface area (Å²) in [5, 5.41) is 10.4. The number of nitrogens with one attached hydrogen (secondary N) is 1. The number of anilines is 1. The quantitative estimate of drug-likeness (QED) is 0.670. The highest BCUT2D eigenvalue weighted by Gasteiger charge is 2.23. The fourth-order valence-electron chi connectivity index (χ4n) is 3.95. The van der Waals surface area contributed by atoms with E-state index in [1.807, 2.05) is 6.92 Å². The number of carbonyl (C=O) groups is 1. The van der Waals surface area contributed by atoms with E-state index < -0.39 is 6.10 Å². The lowest BCUT2D eigenvalue weighted by Gasteiger charge is -2.35. The van der Waals surface area contributed by atoms with E-state index in [0.717, 1.165) is 26.2 Å². The molecule has 0 unspecified atom stereocenters. The molecule has 1 saturated heterocycles. The standard InChI is InChI=1S/C24H32N2O3/c1-4-24(28)20-6-8-22(9-7-20)29-17-21(27)16-25-11-13-26(14-12-25)23-10-5-18(2)15-19(23)3/h5-10,15,21,27H,4,11-14,16-17H2,1-3H3/p+1/t21-/m1/s1. The van der Waals surface area contributed by atoms with Crippen molar-refractivity contribution >= 4 is 11.5 Å². The summed E-state index contributed by atoms with van der Waals surface area (Å²) in [5.74, 6) is 0.812. The van der Waals surface area contributed by atoms with Gasteiger partial charge in [0.05, 0.1) is 26.2 Å². The van der Waals surface area contributed by atoms with Gasteiger partial charge in [0.25, 0.3) is 0 Å². The molecule has 0 spiro atoms. The minimum atomic E-state index is -0.505. The smallest absolute Gasteiger partial charge is 0.162 e. The average Bonchev–Trinajstić information content (AvgIpc) is 2.73. The number of aliphatic hydroxyl groups excluding tert-OH is 1. The number of benzene rings is 2. The van der Waals surface area contributed by atoms with Gasteiger partial charge in [0.2, 0.25) is 0 Å². The van der Waals surface area contributed by atoms with E-state index >= 15 is 0 Å². The molecule has 0 bridgehead atoms. The third-order valence-corrected chi connectivity index (χ3v) is 5.63. The summed E-state index contributed by atoms with van der Waals surface area (Å²) >= 11 is 0. The van der Waals surface area contributed by atoms with E-state index in [2.05, 4.69) is 36.9 Å². The number of aliphatic hydroxyl groups is 1. The number of carbonyl (C=O) groups excluding carboxylic acids is 1. The highest BCUT2D eigenvalue weighted by Crippen LogP contribution is 2.21. The summed E-state index contributed by atoms with van der Waals surface area (Å²) in [7, 11) is 0. The Morgan fingerprint density at radius 1 is 1.14 bits per heavy atom. The second kappa shape index (κ2) is 9.90. The number of ketones is 1. The monoisotopic (exact) mass is 397 g/mol. The molecule has 5 heteroatoms. The maximum Gasteiger partial charge on any atom is 0.162 e. The summed E-state index contributed by atoms with van der Waals surface area (Å²) in [6, 6.07) is 13.8. The molecule has 0 saturated carbocycles. The largest absolute Gasteiger partial charge is 0.491 e. The second-order valence-corrected chi connectivity index (χ2v) is 8.00. The van der Waals surface area contributed by atoms with Crippen molar-refractivity contribution in [3.05, 3.63) is 59.2 Å². The fourth-order valence-corrected chi connectivity index (χ4v) is 3.95. The van der Waals surface area contributed by atoms with Gasteiger partial charge < -0.3 is 19.6 Å². The fraction of sp³-hybridized carbons (Fsp3) is 0.458. The molecule has 2 aromatic carbocycles. The van der Waals surface area contributed by atoms with Crippen LogP contribution in [0.3, 0.4) is 0 Å². The topological polar surface area (TPSA) is 54.2 Å². The van der Waals surface area contributed by atoms with Gasteiger partial charge in [0.15, 0.2) is 5.78 Å². The van der Waals surface area contributed by atoms with E-state index in [4.69, 9.17) is 4.74 Å². The van der Waals surface area contributed by atoms with Crippen molar-refractivity contribution in [1.82, 2.24) is 0 Å². The average molecular weight is 398 g/mol. The second-order valence-electron chi connectivity index (χ2n) is 8.00. The summed E-state index contributed by atoms with van der Waals surface area (Å²) in [4.78, 5) is 15.5. The van der Waals surface area contributed by atoms with Crippen molar-refractivity contribution in [3.63, 3.8) is 0 Å². The number of quaternary nitrogens is 1. The van der Waals surface area contributed by atoms with Crippen LogP contribution < -0.4 is 14.5 Å². The normalized spacial score (nSPS) is 15.9. The molecular formula is C24H33N2O3+. The van der Waals surface area contributed by atoms with Crippen molar-refractivity contribution in [1.29, 1.82) is 0 Å². The Labute approximate surface area is 173 Å². The Morgan fingerprint density at radius 2 is 1.83 bits per heavy atom. The number of hydrogen-bond donors (Lipinski definition) is 2. The number of Topliss-reactive ketones (excluding diaryl/α,β-unsaturated/α-hetero) is 1. The Morgan fingerprint density at radius 3 is 2.45 bits per heavy atom. The maximum atomic E-state index is 11.7. The lowest BCUT2D eigenvalue weighted by atomic mass is 10.1.